The summed E-state index contributed by atoms with van der Waals surface area (Å²) in [6.45, 7) is 0. The second kappa shape index (κ2) is 5.68. The summed E-state index contributed by atoms with van der Waals surface area (Å²) in [5.74, 6) is -3.07. The maximum absolute atomic E-state index is 12.3. The molecule has 0 fully saturated rings. The summed E-state index contributed by atoms with van der Waals surface area (Å²) < 4.78 is 72.0. The molecule has 0 aliphatic rings. The van der Waals surface area contributed by atoms with Crippen LogP contribution in [0, 0.1) is 0 Å². The zero-order valence-corrected chi connectivity index (χ0v) is 11.4. The van der Waals surface area contributed by atoms with E-state index in [2.05, 4.69) is 4.18 Å². The number of rotatable bonds is 5. The van der Waals surface area contributed by atoms with Crippen LogP contribution in [0.3, 0.4) is 0 Å². The highest BCUT2D eigenvalue weighted by Crippen LogP contribution is 2.37. The molecule has 0 aliphatic carbocycles. The first kappa shape index (κ1) is 16.9. The predicted molar refractivity (Wildman–Crippen MR) is 62.1 cm³/mol. The Labute approximate surface area is 117 Å². The van der Waals surface area contributed by atoms with Crippen LogP contribution in [0.4, 0.5) is 13.2 Å². The molecule has 118 valence electrons. The van der Waals surface area contributed by atoms with Crippen molar-refractivity contribution in [1.29, 1.82) is 0 Å². The van der Waals surface area contributed by atoms with Crippen molar-refractivity contribution in [3.8, 4) is 17.2 Å². The van der Waals surface area contributed by atoms with Gasteiger partial charge in [0.05, 0.1) is 14.2 Å². The fraction of sp³-hybridized carbons (Fsp3) is 0.300. The van der Waals surface area contributed by atoms with Crippen molar-refractivity contribution < 1.29 is 45.1 Å². The van der Waals surface area contributed by atoms with Gasteiger partial charge in [-0.2, -0.15) is 21.6 Å². The Morgan fingerprint density at radius 1 is 1.10 bits per heavy atom. The van der Waals surface area contributed by atoms with Crippen LogP contribution in [0.1, 0.15) is 10.4 Å². The van der Waals surface area contributed by atoms with Crippen molar-refractivity contribution in [2.75, 3.05) is 14.2 Å². The molecule has 0 saturated carbocycles. The maximum atomic E-state index is 12.3. The molecular formula is C10H9F3O7S. The van der Waals surface area contributed by atoms with E-state index < -0.39 is 32.9 Å². The van der Waals surface area contributed by atoms with E-state index in [1.54, 1.807) is 0 Å². The van der Waals surface area contributed by atoms with Crippen LogP contribution in [0.15, 0.2) is 12.1 Å². The number of hydrogen-bond acceptors (Lipinski definition) is 6. The van der Waals surface area contributed by atoms with Crippen molar-refractivity contribution in [2.24, 2.45) is 0 Å². The van der Waals surface area contributed by atoms with E-state index in [0.29, 0.717) is 6.07 Å². The second-order valence-electron chi connectivity index (χ2n) is 3.49. The van der Waals surface area contributed by atoms with Crippen LogP contribution in [0.25, 0.3) is 0 Å². The van der Waals surface area contributed by atoms with Crippen molar-refractivity contribution in [3.05, 3.63) is 17.7 Å². The third-order valence-corrected chi connectivity index (χ3v) is 3.17. The lowest BCUT2D eigenvalue weighted by Crippen LogP contribution is -2.28. The van der Waals surface area contributed by atoms with Gasteiger partial charge >= 0.3 is 21.6 Å². The van der Waals surface area contributed by atoms with Gasteiger partial charge < -0.3 is 18.8 Å². The molecule has 7 nitrogen and oxygen atoms in total. The molecule has 0 radical (unpaired) electrons. The smallest absolute Gasteiger partial charge is 0.493 e. The van der Waals surface area contributed by atoms with Crippen molar-refractivity contribution >= 4 is 16.1 Å². The Morgan fingerprint density at radius 2 is 1.57 bits per heavy atom. The molecule has 11 heteroatoms. The van der Waals surface area contributed by atoms with Crippen molar-refractivity contribution in [3.63, 3.8) is 0 Å². The van der Waals surface area contributed by atoms with Gasteiger partial charge in [0, 0.05) is 12.1 Å². The zero-order chi connectivity index (χ0) is 16.4. The van der Waals surface area contributed by atoms with Crippen LogP contribution in [-0.2, 0) is 10.1 Å². The fourth-order valence-electron chi connectivity index (χ4n) is 1.26. The topological polar surface area (TPSA) is 99.1 Å². The molecule has 0 aromatic heterocycles. The van der Waals surface area contributed by atoms with Gasteiger partial charge in [-0.1, -0.05) is 0 Å². The average molecular weight is 330 g/mol. The summed E-state index contributed by atoms with van der Waals surface area (Å²) >= 11 is 0. The Bertz CT molecular complexity index is 651. The summed E-state index contributed by atoms with van der Waals surface area (Å²) in [4.78, 5) is 11.0. The van der Waals surface area contributed by atoms with E-state index in [1.165, 1.54) is 0 Å². The fourth-order valence-corrected chi connectivity index (χ4v) is 1.73. The predicted octanol–water partition coefficient (Wildman–Crippen LogP) is 1.63. The van der Waals surface area contributed by atoms with E-state index in [0.717, 1.165) is 20.3 Å². The minimum atomic E-state index is -6.01. The Balaban J connectivity index is 3.45. The first-order chi connectivity index (χ1) is 9.53. The van der Waals surface area contributed by atoms with Gasteiger partial charge in [0.1, 0.15) is 5.56 Å². The van der Waals surface area contributed by atoms with Crippen molar-refractivity contribution in [2.45, 2.75) is 5.51 Å². The van der Waals surface area contributed by atoms with Crippen LogP contribution >= 0.6 is 0 Å². The lowest BCUT2D eigenvalue weighted by atomic mass is 10.2. The quantitative estimate of drug-likeness (QED) is 0.647. The highest BCUT2D eigenvalue weighted by molar-refractivity contribution is 7.88. The third-order valence-electron chi connectivity index (χ3n) is 2.20. The number of halogens is 3. The van der Waals surface area contributed by atoms with E-state index in [1.807, 2.05) is 0 Å². The summed E-state index contributed by atoms with van der Waals surface area (Å²) in [5.41, 5.74) is -6.53. The van der Waals surface area contributed by atoms with Gasteiger partial charge in [-0.05, 0) is 0 Å². The molecule has 0 amide bonds. The molecule has 0 spiro atoms. The number of carboxylic acid groups (broad SMARTS) is 1. The minimum absolute atomic E-state index is 0.119. The van der Waals surface area contributed by atoms with Gasteiger partial charge in [0.25, 0.3) is 0 Å². The third kappa shape index (κ3) is 3.48. The van der Waals surface area contributed by atoms with Crippen LogP contribution < -0.4 is 13.7 Å². The Morgan fingerprint density at radius 3 is 1.95 bits per heavy atom. The number of carboxylic acids is 1. The molecule has 21 heavy (non-hydrogen) atoms. The Kier molecular flexibility index (Phi) is 4.56. The summed E-state index contributed by atoms with van der Waals surface area (Å²) in [7, 11) is -3.72. The van der Waals surface area contributed by atoms with Gasteiger partial charge in [-0.15, -0.1) is 0 Å². The highest BCUT2D eigenvalue weighted by atomic mass is 32.2. The number of hydrogen-bond donors (Lipinski definition) is 1. The number of carbonyl (C=O) groups is 1. The zero-order valence-electron chi connectivity index (χ0n) is 10.6. The molecule has 0 atom stereocenters. The summed E-state index contributed by atoms with van der Waals surface area (Å²) in [5, 5.41) is 8.90. The molecule has 1 aromatic rings. The van der Waals surface area contributed by atoms with E-state index in [9.17, 15) is 26.4 Å². The standard InChI is InChI=1S/C10H9F3O7S/c1-18-7-3-5(9(14)15)6(4-8(7)19-2)20-21(16,17)10(11,12)13/h3-4H,1-2H3,(H,14,15). The number of aromatic carboxylic acids is 1. The van der Waals surface area contributed by atoms with E-state index in [-0.39, 0.29) is 11.5 Å². The largest absolute Gasteiger partial charge is 0.534 e. The van der Waals surface area contributed by atoms with Crippen LogP contribution in [0.5, 0.6) is 17.2 Å². The molecular weight excluding hydrogens is 321 g/mol. The lowest BCUT2D eigenvalue weighted by Gasteiger charge is -2.14. The van der Waals surface area contributed by atoms with E-state index in [4.69, 9.17) is 14.6 Å². The number of ether oxygens (including phenoxy) is 2. The van der Waals surface area contributed by atoms with E-state index >= 15 is 0 Å². The molecule has 0 heterocycles. The van der Waals surface area contributed by atoms with Gasteiger partial charge in [0.15, 0.2) is 17.2 Å². The monoisotopic (exact) mass is 330 g/mol. The Hall–Kier alpha value is -2.17. The maximum Gasteiger partial charge on any atom is 0.534 e. The number of benzene rings is 1. The van der Waals surface area contributed by atoms with Gasteiger partial charge in [0.2, 0.25) is 0 Å². The van der Waals surface area contributed by atoms with Crippen LogP contribution in [-0.4, -0.2) is 39.2 Å². The van der Waals surface area contributed by atoms with Gasteiger partial charge in [-0.3, -0.25) is 0 Å². The molecule has 1 rings (SSSR count). The normalized spacial score (nSPS) is 11.9. The molecule has 0 bridgehead atoms. The first-order valence-corrected chi connectivity index (χ1v) is 6.44. The van der Waals surface area contributed by atoms with Crippen LogP contribution in [0.2, 0.25) is 0 Å². The lowest BCUT2D eigenvalue weighted by molar-refractivity contribution is -0.0500. The molecule has 1 N–H and O–H groups in total. The first-order valence-electron chi connectivity index (χ1n) is 5.03. The average Bonchev–Trinajstić information content (AvgIpc) is 2.36. The molecule has 0 aliphatic heterocycles. The highest BCUT2D eigenvalue weighted by Gasteiger charge is 2.49. The molecule has 0 unspecified atom stereocenters. The molecule has 0 saturated heterocycles. The SMILES string of the molecule is COc1cc(OS(=O)(=O)C(F)(F)F)c(C(=O)O)cc1OC. The second-order valence-corrected chi connectivity index (χ2v) is 5.03. The number of methoxy groups -OCH3 is 2. The number of alkyl halides is 3. The van der Waals surface area contributed by atoms with Gasteiger partial charge in [-0.25, -0.2) is 4.79 Å². The minimum Gasteiger partial charge on any atom is -0.493 e. The summed E-state index contributed by atoms with van der Waals surface area (Å²) in [6.07, 6.45) is 0. The summed E-state index contributed by atoms with van der Waals surface area (Å²) in [6, 6.07) is 1.45. The van der Waals surface area contributed by atoms with Crippen molar-refractivity contribution in [1.82, 2.24) is 0 Å². The molecule has 1 aromatic carbocycles.